The molecule has 2 aromatic rings. The van der Waals surface area contributed by atoms with E-state index >= 15 is 0 Å². The number of aryl methyl sites for hydroxylation is 1. The van der Waals surface area contributed by atoms with Crippen molar-refractivity contribution in [2.75, 3.05) is 5.73 Å². The van der Waals surface area contributed by atoms with E-state index in [1.54, 1.807) is 22.1 Å². The molecule has 0 saturated heterocycles. The van der Waals surface area contributed by atoms with Crippen LogP contribution < -0.4 is 5.73 Å². The largest absolute Gasteiger partial charge is 0.383 e. The van der Waals surface area contributed by atoms with Crippen LogP contribution in [0.1, 0.15) is 5.56 Å². The Hall–Kier alpha value is -1.29. The minimum atomic E-state index is 0.725. The topological polar surface area (TPSA) is 43.8 Å². The zero-order valence-corrected chi connectivity index (χ0v) is 7.56. The highest BCUT2D eigenvalue weighted by atomic mass is 32.1. The lowest BCUT2D eigenvalue weighted by Crippen LogP contribution is -1.96. The smallest absolute Gasteiger partial charge is 0.139 e. The van der Waals surface area contributed by atoms with E-state index in [2.05, 4.69) is 11.7 Å². The number of nitrogen functional groups attached to an aromatic ring is 1. The molecule has 0 aliphatic rings. The quantitative estimate of drug-likeness (QED) is 0.726. The molecule has 0 aliphatic heterocycles. The standard InChI is InChI=1S/C8H9N3S/c1-3-5-4-12-7-6(5)10-11(2)8(7)9/h3-4H,1,9H2,2H3. The molecule has 0 atom stereocenters. The van der Waals surface area contributed by atoms with Crippen molar-refractivity contribution in [3.05, 3.63) is 17.5 Å². The summed E-state index contributed by atoms with van der Waals surface area (Å²) in [4.78, 5) is 0. The fraction of sp³-hybridized carbons (Fsp3) is 0.125. The van der Waals surface area contributed by atoms with Gasteiger partial charge in [-0.1, -0.05) is 12.7 Å². The molecule has 0 unspecified atom stereocenters. The first kappa shape index (κ1) is 7.36. The molecule has 2 heterocycles. The second-order valence-corrected chi connectivity index (χ2v) is 3.46. The second-order valence-electron chi connectivity index (χ2n) is 2.58. The minimum Gasteiger partial charge on any atom is -0.383 e. The molecule has 4 heteroatoms. The lowest BCUT2D eigenvalue weighted by atomic mass is 10.3. The maximum absolute atomic E-state index is 5.78. The normalized spacial score (nSPS) is 10.8. The number of nitrogens with zero attached hydrogens (tertiary/aromatic N) is 2. The molecule has 2 N–H and O–H groups in total. The highest BCUT2D eigenvalue weighted by molar-refractivity contribution is 7.18. The van der Waals surface area contributed by atoms with E-state index in [-0.39, 0.29) is 0 Å². The molecule has 0 aliphatic carbocycles. The maximum atomic E-state index is 5.78. The third-order valence-corrected chi connectivity index (χ3v) is 2.85. The summed E-state index contributed by atoms with van der Waals surface area (Å²) in [6, 6.07) is 0. The molecule has 0 amide bonds. The number of thiophene rings is 1. The summed E-state index contributed by atoms with van der Waals surface area (Å²) in [5, 5.41) is 6.29. The van der Waals surface area contributed by atoms with Gasteiger partial charge in [0.1, 0.15) is 11.3 Å². The van der Waals surface area contributed by atoms with Gasteiger partial charge in [-0.05, 0) is 0 Å². The first-order valence-electron chi connectivity index (χ1n) is 3.56. The van der Waals surface area contributed by atoms with Crippen LogP contribution in [0, 0.1) is 0 Å². The number of aromatic nitrogens is 2. The monoisotopic (exact) mass is 179 g/mol. The first-order valence-corrected chi connectivity index (χ1v) is 4.44. The molecular weight excluding hydrogens is 170 g/mol. The van der Waals surface area contributed by atoms with E-state index in [1.807, 2.05) is 12.4 Å². The van der Waals surface area contributed by atoms with Crippen molar-refractivity contribution in [3.63, 3.8) is 0 Å². The number of hydrogen-bond donors (Lipinski definition) is 1. The van der Waals surface area contributed by atoms with Gasteiger partial charge in [-0.25, -0.2) is 0 Å². The fourth-order valence-corrected chi connectivity index (χ4v) is 2.12. The third-order valence-electron chi connectivity index (χ3n) is 1.84. The predicted molar refractivity (Wildman–Crippen MR) is 53.1 cm³/mol. The highest BCUT2D eigenvalue weighted by Crippen LogP contribution is 2.29. The molecule has 0 saturated carbocycles. The average Bonchev–Trinajstić information content (AvgIpc) is 2.55. The van der Waals surface area contributed by atoms with Crippen LogP contribution in [0.15, 0.2) is 12.0 Å². The predicted octanol–water partition coefficient (Wildman–Crippen LogP) is 1.86. The fourth-order valence-electron chi connectivity index (χ4n) is 1.15. The van der Waals surface area contributed by atoms with Crippen molar-refractivity contribution >= 4 is 33.4 Å². The van der Waals surface area contributed by atoms with Crippen LogP contribution >= 0.6 is 11.3 Å². The Bertz CT molecular complexity index is 438. The van der Waals surface area contributed by atoms with Gasteiger partial charge in [-0.15, -0.1) is 11.3 Å². The molecule has 0 spiro atoms. The number of fused-ring (bicyclic) bond motifs is 1. The van der Waals surface area contributed by atoms with Crippen LogP contribution in [0.5, 0.6) is 0 Å². The molecule has 2 rings (SSSR count). The van der Waals surface area contributed by atoms with Gasteiger partial charge in [0.25, 0.3) is 0 Å². The second kappa shape index (κ2) is 2.35. The van der Waals surface area contributed by atoms with Crippen molar-refractivity contribution < 1.29 is 0 Å². The molecule has 0 aromatic carbocycles. The van der Waals surface area contributed by atoms with E-state index in [9.17, 15) is 0 Å². The summed E-state index contributed by atoms with van der Waals surface area (Å²) < 4.78 is 2.74. The molecule has 3 nitrogen and oxygen atoms in total. The van der Waals surface area contributed by atoms with Crippen LogP contribution in [0.2, 0.25) is 0 Å². The molecule has 62 valence electrons. The van der Waals surface area contributed by atoms with Crippen molar-refractivity contribution in [2.45, 2.75) is 0 Å². The summed E-state index contributed by atoms with van der Waals surface area (Å²) in [6.45, 7) is 3.71. The van der Waals surface area contributed by atoms with E-state index in [1.165, 1.54) is 0 Å². The number of nitrogens with two attached hydrogens (primary N) is 1. The Morgan fingerprint density at radius 3 is 3.17 bits per heavy atom. The first-order chi connectivity index (χ1) is 5.74. The van der Waals surface area contributed by atoms with Crippen molar-refractivity contribution in [1.29, 1.82) is 0 Å². The minimum absolute atomic E-state index is 0.725. The molecule has 0 fully saturated rings. The summed E-state index contributed by atoms with van der Waals surface area (Å²) in [7, 11) is 1.84. The van der Waals surface area contributed by atoms with Crippen LogP contribution in [-0.2, 0) is 7.05 Å². The van der Waals surface area contributed by atoms with E-state index in [4.69, 9.17) is 5.73 Å². The van der Waals surface area contributed by atoms with Crippen LogP contribution in [0.3, 0.4) is 0 Å². The summed E-state index contributed by atoms with van der Waals surface area (Å²) in [6.07, 6.45) is 1.80. The van der Waals surface area contributed by atoms with Gasteiger partial charge in [0.05, 0.1) is 4.70 Å². The summed E-state index contributed by atoms with van der Waals surface area (Å²) in [5.74, 6) is 0.725. The lowest BCUT2D eigenvalue weighted by Gasteiger charge is -1.90. The number of anilines is 1. The Labute approximate surface area is 74.1 Å². The highest BCUT2D eigenvalue weighted by Gasteiger charge is 2.09. The SMILES string of the molecule is C=Cc1csc2c(N)n(C)nc12. The lowest BCUT2D eigenvalue weighted by molar-refractivity contribution is 0.791. The van der Waals surface area contributed by atoms with Gasteiger partial charge in [-0.2, -0.15) is 5.10 Å². The van der Waals surface area contributed by atoms with Gasteiger partial charge >= 0.3 is 0 Å². The molecule has 12 heavy (non-hydrogen) atoms. The van der Waals surface area contributed by atoms with Gasteiger partial charge in [-0.3, -0.25) is 4.68 Å². The zero-order valence-electron chi connectivity index (χ0n) is 6.74. The maximum Gasteiger partial charge on any atom is 0.139 e. The Kier molecular flexibility index (Phi) is 1.44. The summed E-state index contributed by atoms with van der Waals surface area (Å²) >= 11 is 1.61. The summed E-state index contributed by atoms with van der Waals surface area (Å²) in [5.41, 5.74) is 7.79. The van der Waals surface area contributed by atoms with E-state index < -0.39 is 0 Å². The van der Waals surface area contributed by atoms with Gasteiger partial charge < -0.3 is 5.73 Å². The molecule has 0 bridgehead atoms. The van der Waals surface area contributed by atoms with Crippen molar-refractivity contribution in [1.82, 2.24) is 9.78 Å². The van der Waals surface area contributed by atoms with Gasteiger partial charge in [0.15, 0.2) is 0 Å². The molecule has 2 aromatic heterocycles. The van der Waals surface area contributed by atoms with Crippen molar-refractivity contribution in [3.8, 4) is 0 Å². The Morgan fingerprint density at radius 1 is 1.75 bits per heavy atom. The van der Waals surface area contributed by atoms with E-state index in [0.717, 1.165) is 21.6 Å². The van der Waals surface area contributed by atoms with Crippen LogP contribution in [0.25, 0.3) is 16.3 Å². The number of hydrogen-bond acceptors (Lipinski definition) is 3. The van der Waals surface area contributed by atoms with Crippen LogP contribution in [-0.4, -0.2) is 9.78 Å². The Morgan fingerprint density at radius 2 is 2.50 bits per heavy atom. The molecule has 0 radical (unpaired) electrons. The van der Waals surface area contributed by atoms with Crippen molar-refractivity contribution in [2.24, 2.45) is 7.05 Å². The van der Waals surface area contributed by atoms with Gasteiger partial charge in [0, 0.05) is 18.0 Å². The van der Waals surface area contributed by atoms with E-state index in [0.29, 0.717) is 0 Å². The van der Waals surface area contributed by atoms with Gasteiger partial charge in [0.2, 0.25) is 0 Å². The molecular formula is C8H9N3S. The van der Waals surface area contributed by atoms with Crippen LogP contribution in [0.4, 0.5) is 5.82 Å². The average molecular weight is 179 g/mol. The third kappa shape index (κ3) is 0.783. The Balaban J connectivity index is 2.88. The zero-order chi connectivity index (χ0) is 8.72. The number of rotatable bonds is 1.